The highest BCUT2D eigenvalue weighted by molar-refractivity contribution is 7.19. The van der Waals surface area contributed by atoms with Gasteiger partial charge in [0.1, 0.15) is 17.4 Å². The molecular formula is C20H16N2OS2. The van der Waals surface area contributed by atoms with Crippen molar-refractivity contribution in [3.8, 4) is 5.75 Å². The molecule has 0 aliphatic carbocycles. The van der Waals surface area contributed by atoms with Crippen LogP contribution in [0.3, 0.4) is 0 Å². The number of rotatable bonds is 5. The lowest BCUT2D eigenvalue weighted by Crippen LogP contribution is -1.95. The average molecular weight is 364 g/mol. The van der Waals surface area contributed by atoms with Gasteiger partial charge in [0.15, 0.2) is 0 Å². The van der Waals surface area contributed by atoms with E-state index in [0.29, 0.717) is 6.61 Å². The molecule has 0 saturated heterocycles. The third-order valence-electron chi connectivity index (χ3n) is 3.66. The van der Waals surface area contributed by atoms with Crippen molar-refractivity contribution in [2.75, 3.05) is 0 Å². The molecule has 0 unspecified atom stereocenters. The maximum absolute atomic E-state index is 5.77. The molecule has 124 valence electrons. The summed E-state index contributed by atoms with van der Waals surface area (Å²) >= 11 is 3.34. The summed E-state index contributed by atoms with van der Waals surface area (Å²) in [4.78, 5) is 9.01. The third-order valence-corrected chi connectivity index (χ3v) is 5.49. The maximum atomic E-state index is 5.77. The predicted octanol–water partition coefficient (Wildman–Crippen LogP) is 5.81. The minimum atomic E-state index is 0.505. The van der Waals surface area contributed by atoms with Crippen LogP contribution in [-0.4, -0.2) is 9.97 Å². The van der Waals surface area contributed by atoms with Crippen molar-refractivity contribution in [2.45, 2.75) is 13.5 Å². The maximum Gasteiger partial charge on any atom is 0.131 e. The molecule has 2 aromatic carbocycles. The Morgan fingerprint density at radius 3 is 2.60 bits per heavy atom. The number of ether oxygens (including phenoxy) is 1. The second-order valence-corrected chi connectivity index (χ2v) is 7.69. The van der Waals surface area contributed by atoms with Gasteiger partial charge in [-0.25, -0.2) is 9.97 Å². The van der Waals surface area contributed by atoms with Gasteiger partial charge in [-0.3, -0.25) is 0 Å². The second-order valence-electron chi connectivity index (χ2n) is 5.57. The van der Waals surface area contributed by atoms with Gasteiger partial charge in [0.2, 0.25) is 0 Å². The quantitative estimate of drug-likeness (QED) is 0.448. The second kappa shape index (κ2) is 7.17. The van der Waals surface area contributed by atoms with Crippen LogP contribution in [0, 0.1) is 6.92 Å². The van der Waals surface area contributed by atoms with Crippen molar-refractivity contribution in [3.05, 3.63) is 75.2 Å². The predicted molar refractivity (Wildman–Crippen MR) is 106 cm³/mol. The lowest BCUT2D eigenvalue weighted by atomic mass is 10.2. The van der Waals surface area contributed by atoms with E-state index in [1.54, 1.807) is 22.7 Å². The fraction of sp³-hybridized carbons (Fsp3) is 0.100. The first-order valence-electron chi connectivity index (χ1n) is 7.94. The van der Waals surface area contributed by atoms with Crippen molar-refractivity contribution in [2.24, 2.45) is 0 Å². The minimum Gasteiger partial charge on any atom is -0.487 e. The summed E-state index contributed by atoms with van der Waals surface area (Å²) in [5.74, 6) is 0.850. The zero-order valence-electron chi connectivity index (χ0n) is 13.7. The summed E-state index contributed by atoms with van der Waals surface area (Å²) in [5, 5.41) is 4.11. The Balaban J connectivity index is 1.41. The number of benzene rings is 2. The number of aryl methyl sites for hydroxylation is 1. The summed E-state index contributed by atoms with van der Waals surface area (Å²) in [6.07, 6.45) is 4.13. The number of hydrogen-bond acceptors (Lipinski definition) is 5. The van der Waals surface area contributed by atoms with Crippen molar-refractivity contribution in [1.29, 1.82) is 0 Å². The number of para-hydroxylation sites is 1. The highest BCUT2D eigenvalue weighted by Crippen LogP contribution is 2.23. The Bertz CT molecular complexity index is 983. The fourth-order valence-electron chi connectivity index (χ4n) is 2.44. The third kappa shape index (κ3) is 3.95. The Morgan fingerprint density at radius 1 is 1.00 bits per heavy atom. The molecule has 0 N–H and O–H groups in total. The van der Waals surface area contributed by atoms with E-state index in [9.17, 15) is 0 Å². The number of thiazole rings is 2. The number of fused-ring (bicyclic) bond motifs is 1. The highest BCUT2D eigenvalue weighted by Gasteiger charge is 2.01. The highest BCUT2D eigenvalue weighted by atomic mass is 32.1. The van der Waals surface area contributed by atoms with Gasteiger partial charge >= 0.3 is 0 Å². The van der Waals surface area contributed by atoms with Gasteiger partial charge in [-0.1, -0.05) is 30.3 Å². The number of aromatic nitrogens is 2. The summed E-state index contributed by atoms with van der Waals surface area (Å²) < 4.78 is 6.98. The van der Waals surface area contributed by atoms with Crippen molar-refractivity contribution < 1.29 is 4.74 Å². The molecule has 4 aromatic rings. The van der Waals surface area contributed by atoms with Crippen LogP contribution in [0.5, 0.6) is 5.75 Å². The first kappa shape index (κ1) is 16.0. The molecule has 0 aliphatic rings. The molecule has 0 radical (unpaired) electrons. The molecule has 0 aliphatic heterocycles. The largest absolute Gasteiger partial charge is 0.487 e. The number of nitrogens with zero attached hydrogens (tertiary/aromatic N) is 2. The van der Waals surface area contributed by atoms with Crippen LogP contribution in [0.15, 0.2) is 53.9 Å². The normalized spacial score (nSPS) is 11.4. The molecule has 0 amide bonds. The molecule has 25 heavy (non-hydrogen) atoms. The van der Waals surface area contributed by atoms with Crippen molar-refractivity contribution >= 4 is 45.0 Å². The Labute approximate surface area is 154 Å². The van der Waals surface area contributed by atoms with Gasteiger partial charge in [-0.15, -0.1) is 22.7 Å². The number of hydrogen-bond donors (Lipinski definition) is 0. The first-order chi connectivity index (χ1) is 12.3. The molecule has 3 nitrogen and oxygen atoms in total. The van der Waals surface area contributed by atoms with Crippen LogP contribution in [0.2, 0.25) is 0 Å². The summed E-state index contributed by atoms with van der Waals surface area (Å²) in [7, 11) is 0. The van der Waals surface area contributed by atoms with Crippen molar-refractivity contribution in [3.63, 3.8) is 0 Å². The van der Waals surface area contributed by atoms with E-state index in [1.807, 2.05) is 54.8 Å². The molecule has 2 heterocycles. The van der Waals surface area contributed by atoms with Gasteiger partial charge in [0.25, 0.3) is 0 Å². The Kier molecular flexibility index (Phi) is 4.59. The fourth-order valence-corrected chi connectivity index (χ4v) is 3.90. The van der Waals surface area contributed by atoms with Crippen LogP contribution in [-0.2, 0) is 6.61 Å². The van der Waals surface area contributed by atoms with E-state index in [-0.39, 0.29) is 0 Å². The van der Waals surface area contributed by atoms with Gasteiger partial charge in [0.05, 0.1) is 20.9 Å². The first-order valence-corrected chi connectivity index (χ1v) is 9.63. The standard InChI is InChI=1S/C20H16N2OS2/c1-14-21-16(13-24-14)12-23-17-9-6-15(7-10-17)8-11-20-22-18-4-2-3-5-19(18)25-20/h2-11,13H,12H2,1H3. The van der Waals surface area contributed by atoms with E-state index in [0.717, 1.165) is 32.5 Å². The van der Waals surface area contributed by atoms with E-state index in [2.05, 4.69) is 28.2 Å². The monoisotopic (exact) mass is 364 g/mol. The molecule has 0 bridgehead atoms. The summed E-state index contributed by atoms with van der Waals surface area (Å²) in [5.41, 5.74) is 3.14. The summed E-state index contributed by atoms with van der Waals surface area (Å²) in [6.45, 7) is 2.51. The molecule has 0 saturated carbocycles. The lowest BCUT2D eigenvalue weighted by molar-refractivity contribution is 0.302. The van der Waals surface area contributed by atoms with E-state index in [1.165, 1.54) is 4.70 Å². The zero-order chi connectivity index (χ0) is 17.1. The minimum absolute atomic E-state index is 0.505. The van der Waals surface area contributed by atoms with Gasteiger partial charge in [-0.2, -0.15) is 0 Å². The molecular weight excluding hydrogens is 348 g/mol. The molecule has 0 spiro atoms. The van der Waals surface area contributed by atoms with Crippen LogP contribution in [0.4, 0.5) is 0 Å². The molecule has 0 fully saturated rings. The lowest BCUT2D eigenvalue weighted by Gasteiger charge is -2.04. The molecule has 0 atom stereocenters. The topological polar surface area (TPSA) is 35.0 Å². The molecule has 5 heteroatoms. The van der Waals surface area contributed by atoms with Gasteiger partial charge in [0, 0.05) is 5.38 Å². The smallest absolute Gasteiger partial charge is 0.131 e. The summed E-state index contributed by atoms with van der Waals surface area (Å²) in [6, 6.07) is 16.3. The van der Waals surface area contributed by atoms with Crippen LogP contribution < -0.4 is 4.74 Å². The van der Waals surface area contributed by atoms with Gasteiger partial charge in [-0.05, 0) is 42.8 Å². The zero-order valence-corrected chi connectivity index (χ0v) is 15.3. The van der Waals surface area contributed by atoms with Gasteiger partial charge < -0.3 is 4.74 Å². The SMILES string of the molecule is Cc1nc(COc2ccc(C=Cc3nc4ccccc4s3)cc2)cs1. The van der Waals surface area contributed by atoms with Crippen LogP contribution in [0.25, 0.3) is 22.4 Å². The Hall–Kier alpha value is -2.50. The molecule has 2 aromatic heterocycles. The van der Waals surface area contributed by atoms with E-state index >= 15 is 0 Å². The average Bonchev–Trinajstić information content (AvgIpc) is 3.24. The molecule has 4 rings (SSSR count). The van der Waals surface area contributed by atoms with Crippen molar-refractivity contribution in [1.82, 2.24) is 9.97 Å². The van der Waals surface area contributed by atoms with Crippen LogP contribution in [0.1, 0.15) is 21.3 Å². The van der Waals surface area contributed by atoms with E-state index in [4.69, 9.17) is 4.74 Å². The van der Waals surface area contributed by atoms with E-state index < -0.39 is 0 Å². The van der Waals surface area contributed by atoms with Crippen LogP contribution >= 0.6 is 22.7 Å². The Morgan fingerprint density at radius 2 is 1.84 bits per heavy atom.